The Morgan fingerprint density at radius 2 is 2.33 bits per heavy atom. The van der Waals surface area contributed by atoms with Crippen molar-refractivity contribution in [3.05, 3.63) is 18.3 Å². The molecule has 0 saturated heterocycles. The van der Waals surface area contributed by atoms with Crippen LogP contribution in [0.1, 0.15) is 32.6 Å². The summed E-state index contributed by atoms with van der Waals surface area (Å²) in [6, 6.07) is 3.83. The van der Waals surface area contributed by atoms with Gasteiger partial charge in [-0.3, -0.25) is 0 Å². The molecule has 4 nitrogen and oxygen atoms in total. The van der Waals surface area contributed by atoms with Gasteiger partial charge in [0.25, 0.3) is 0 Å². The van der Waals surface area contributed by atoms with E-state index in [0.717, 1.165) is 31.0 Å². The lowest BCUT2D eigenvalue weighted by Gasteiger charge is -2.17. The first-order chi connectivity index (χ1) is 8.79. The van der Waals surface area contributed by atoms with E-state index < -0.39 is 0 Å². The summed E-state index contributed by atoms with van der Waals surface area (Å²) in [5.74, 6) is 1.63. The van der Waals surface area contributed by atoms with Crippen molar-refractivity contribution in [2.24, 2.45) is 5.41 Å². The fourth-order valence-electron chi connectivity index (χ4n) is 2.05. The van der Waals surface area contributed by atoms with Crippen LogP contribution in [0.2, 0.25) is 0 Å². The van der Waals surface area contributed by atoms with Crippen LogP contribution in [0.5, 0.6) is 5.75 Å². The number of nitrogens with one attached hydrogen (secondary N) is 1. The van der Waals surface area contributed by atoms with Crippen molar-refractivity contribution in [3.63, 3.8) is 0 Å². The van der Waals surface area contributed by atoms with Crippen LogP contribution < -0.4 is 10.1 Å². The summed E-state index contributed by atoms with van der Waals surface area (Å²) in [4.78, 5) is 4.32. The van der Waals surface area contributed by atoms with Crippen molar-refractivity contribution in [3.8, 4) is 5.75 Å². The molecule has 1 aromatic rings. The lowest BCUT2D eigenvalue weighted by Crippen LogP contribution is -2.18. The number of aliphatic hydroxyl groups is 1. The van der Waals surface area contributed by atoms with Crippen LogP contribution in [-0.2, 0) is 0 Å². The van der Waals surface area contributed by atoms with E-state index in [1.54, 1.807) is 6.20 Å². The second kappa shape index (κ2) is 6.05. The molecule has 4 heteroatoms. The molecule has 0 spiro atoms. The number of aromatic nitrogens is 1. The van der Waals surface area contributed by atoms with Crippen molar-refractivity contribution in [1.82, 2.24) is 4.98 Å². The number of ether oxygens (including phenoxy) is 1. The van der Waals surface area contributed by atoms with Gasteiger partial charge < -0.3 is 15.2 Å². The number of pyridine rings is 1. The maximum Gasteiger partial charge on any atom is 0.168 e. The van der Waals surface area contributed by atoms with Gasteiger partial charge in [-0.25, -0.2) is 4.98 Å². The molecule has 0 amide bonds. The standard InChI is InChI=1S/C14H22N2O2/c1-2-10-18-12-4-3-8-15-13(12)16-11-14(5-6-14)7-9-17/h3-4,8,17H,2,5-7,9-11H2,1H3,(H,15,16). The van der Waals surface area contributed by atoms with Gasteiger partial charge in [-0.05, 0) is 43.2 Å². The Balaban J connectivity index is 1.92. The van der Waals surface area contributed by atoms with Gasteiger partial charge in [-0.15, -0.1) is 0 Å². The van der Waals surface area contributed by atoms with Crippen molar-refractivity contribution in [2.45, 2.75) is 32.6 Å². The molecule has 1 aromatic heterocycles. The second-order valence-corrected chi connectivity index (χ2v) is 5.03. The minimum absolute atomic E-state index is 0.267. The maximum absolute atomic E-state index is 9.04. The van der Waals surface area contributed by atoms with E-state index in [0.29, 0.717) is 6.61 Å². The van der Waals surface area contributed by atoms with E-state index in [1.165, 1.54) is 12.8 Å². The molecule has 1 heterocycles. The Labute approximate surface area is 108 Å². The Bertz CT molecular complexity index is 378. The molecule has 0 aromatic carbocycles. The van der Waals surface area contributed by atoms with Gasteiger partial charge in [-0.1, -0.05) is 6.92 Å². The monoisotopic (exact) mass is 250 g/mol. The average Bonchev–Trinajstić information content (AvgIpc) is 3.16. The van der Waals surface area contributed by atoms with Crippen molar-refractivity contribution in [2.75, 3.05) is 25.1 Å². The molecule has 100 valence electrons. The number of anilines is 1. The van der Waals surface area contributed by atoms with Crippen LogP contribution in [0.25, 0.3) is 0 Å². The predicted molar refractivity (Wildman–Crippen MR) is 71.9 cm³/mol. The van der Waals surface area contributed by atoms with Crippen LogP contribution in [0.4, 0.5) is 5.82 Å². The van der Waals surface area contributed by atoms with E-state index in [4.69, 9.17) is 9.84 Å². The smallest absolute Gasteiger partial charge is 0.168 e. The van der Waals surface area contributed by atoms with Gasteiger partial charge in [0.05, 0.1) is 6.61 Å². The fourth-order valence-corrected chi connectivity index (χ4v) is 2.05. The third-order valence-electron chi connectivity index (χ3n) is 3.46. The molecular formula is C14H22N2O2. The Morgan fingerprint density at radius 3 is 3.00 bits per heavy atom. The number of aliphatic hydroxyl groups excluding tert-OH is 1. The summed E-state index contributed by atoms with van der Waals surface area (Å²) >= 11 is 0. The van der Waals surface area contributed by atoms with Crippen molar-refractivity contribution >= 4 is 5.82 Å². The largest absolute Gasteiger partial charge is 0.490 e. The van der Waals surface area contributed by atoms with Gasteiger partial charge in [-0.2, -0.15) is 0 Å². The second-order valence-electron chi connectivity index (χ2n) is 5.03. The normalized spacial score (nSPS) is 16.3. The molecule has 1 aliphatic carbocycles. The number of rotatable bonds is 8. The lowest BCUT2D eigenvalue weighted by molar-refractivity contribution is 0.253. The summed E-state index contributed by atoms with van der Waals surface area (Å²) in [7, 11) is 0. The van der Waals surface area contributed by atoms with E-state index in [2.05, 4.69) is 17.2 Å². The molecule has 1 fully saturated rings. The van der Waals surface area contributed by atoms with Gasteiger partial charge >= 0.3 is 0 Å². The van der Waals surface area contributed by atoms with E-state index in [1.807, 2.05) is 12.1 Å². The Kier molecular flexibility index (Phi) is 4.42. The highest BCUT2D eigenvalue weighted by Gasteiger charge is 2.41. The van der Waals surface area contributed by atoms with Gasteiger partial charge in [0.1, 0.15) is 0 Å². The number of hydrogen-bond acceptors (Lipinski definition) is 4. The Morgan fingerprint density at radius 1 is 1.50 bits per heavy atom. The Hall–Kier alpha value is -1.29. The first-order valence-electron chi connectivity index (χ1n) is 6.72. The van der Waals surface area contributed by atoms with E-state index in [9.17, 15) is 0 Å². The topological polar surface area (TPSA) is 54.4 Å². The molecule has 1 aliphatic rings. The number of nitrogens with zero attached hydrogens (tertiary/aromatic N) is 1. The summed E-state index contributed by atoms with van der Waals surface area (Å²) in [5, 5.41) is 12.4. The molecule has 2 N–H and O–H groups in total. The minimum Gasteiger partial charge on any atom is -0.490 e. The molecule has 0 unspecified atom stereocenters. The van der Waals surface area contributed by atoms with Gasteiger partial charge in [0.15, 0.2) is 11.6 Å². The summed E-state index contributed by atoms with van der Waals surface area (Å²) < 4.78 is 5.66. The van der Waals surface area contributed by atoms with Crippen LogP contribution in [0.15, 0.2) is 18.3 Å². The predicted octanol–water partition coefficient (Wildman–Crippen LogP) is 2.44. The molecule has 1 saturated carbocycles. The molecule has 2 rings (SSSR count). The highest BCUT2D eigenvalue weighted by atomic mass is 16.5. The zero-order valence-electron chi connectivity index (χ0n) is 11.0. The van der Waals surface area contributed by atoms with Crippen molar-refractivity contribution in [1.29, 1.82) is 0 Å². The van der Waals surface area contributed by atoms with Gasteiger partial charge in [0.2, 0.25) is 0 Å². The fraction of sp³-hybridized carbons (Fsp3) is 0.643. The van der Waals surface area contributed by atoms with Crippen LogP contribution in [0, 0.1) is 5.41 Å². The van der Waals surface area contributed by atoms with Crippen LogP contribution in [0.3, 0.4) is 0 Å². The zero-order valence-corrected chi connectivity index (χ0v) is 11.0. The quantitative estimate of drug-likeness (QED) is 0.744. The van der Waals surface area contributed by atoms with E-state index >= 15 is 0 Å². The summed E-state index contributed by atoms with van der Waals surface area (Å²) in [6.07, 6.45) is 6.02. The third kappa shape index (κ3) is 3.35. The molecular weight excluding hydrogens is 228 g/mol. The molecule has 0 radical (unpaired) electrons. The molecule has 0 bridgehead atoms. The minimum atomic E-state index is 0.267. The van der Waals surface area contributed by atoms with Crippen LogP contribution in [-0.4, -0.2) is 29.8 Å². The maximum atomic E-state index is 9.04. The van der Waals surface area contributed by atoms with Crippen molar-refractivity contribution < 1.29 is 9.84 Å². The zero-order chi connectivity index (χ0) is 12.8. The highest BCUT2D eigenvalue weighted by molar-refractivity contribution is 5.49. The molecule has 0 atom stereocenters. The SMILES string of the molecule is CCCOc1cccnc1NCC1(CCO)CC1. The highest BCUT2D eigenvalue weighted by Crippen LogP contribution is 2.48. The number of hydrogen-bond donors (Lipinski definition) is 2. The average molecular weight is 250 g/mol. The third-order valence-corrected chi connectivity index (χ3v) is 3.46. The van der Waals surface area contributed by atoms with Gasteiger partial charge in [0, 0.05) is 19.3 Å². The summed E-state index contributed by atoms with van der Waals surface area (Å²) in [6.45, 7) is 3.93. The first-order valence-corrected chi connectivity index (χ1v) is 6.72. The summed E-state index contributed by atoms with van der Waals surface area (Å²) in [5.41, 5.74) is 0.286. The molecule has 18 heavy (non-hydrogen) atoms. The lowest BCUT2D eigenvalue weighted by atomic mass is 10.0. The first kappa shape index (κ1) is 13.1. The van der Waals surface area contributed by atoms with E-state index in [-0.39, 0.29) is 12.0 Å². The van der Waals surface area contributed by atoms with Crippen LogP contribution >= 0.6 is 0 Å². The molecule has 0 aliphatic heterocycles.